The third kappa shape index (κ3) is 3.64. The summed E-state index contributed by atoms with van der Waals surface area (Å²) in [5.74, 6) is -0.251. The van der Waals surface area contributed by atoms with Crippen molar-refractivity contribution in [3.05, 3.63) is 51.7 Å². The molecular weight excluding hydrogens is 368 g/mol. The second kappa shape index (κ2) is 7.23. The highest BCUT2D eigenvalue weighted by molar-refractivity contribution is 7.89. The van der Waals surface area contributed by atoms with Gasteiger partial charge in [0.15, 0.2) is 0 Å². The van der Waals surface area contributed by atoms with Crippen LogP contribution in [0.15, 0.2) is 46.7 Å². The number of carbonyl (C=O) groups is 1. The van der Waals surface area contributed by atoms with Gasteiger partial charge in [-0.05, 0) is 48.6 Å². The normalized spacial score (nSPS) is 18.6. The number of rotatable bonds is 5. The molecule has 5 nitrogen and oxygen atoms in total. The quantitative estimate of drug-likeness (QED) is 0.861. The minimum Gasteiger partial charge on any atom is -0.350 e. The maximum absolute atomic E-state index is 12.8. The maximum Gasteiger partial charge on any atom is 0.243 e. The van der Waals surface area contributed by atoms with Crippen LogP contribution in [0.4, 0.5) is 0 Å². The van der Waals surface area contributed by atoms with E-state index in [0.717, 1.165) is 4.88 Å². The summed E-state index contributed by atoms with van der Waals surface area (Å²) in [6, 6.07) is 9.20. The summed E-state index contributed by atoms with van der Waals surface area (Å²) in [6.07, 6.45) is 1.20. The summed E-state index contributed by atoms with van der Waals surface area (Å²) in [4.78, 5) is 13.6. The Kier molecular flexibility index (Phi) is 5.24. The molecule has 0 aliphatic carbocycles. The van der Waals surface area contributed by atoms with E-state index in [0.29, 0.717) is 31.0 Å². The number of carbonyl (C=O) groups excluding carboxylic acids is 1. The van der Waals surface area contributed by atoms with Crippen LogP contribution in [-0.4, -0.2) is 31.2 Å². The third-order valence-corrected chi connectivity index (χ3v) is 6.99. The molecule has 1 N–H and O–H groups in total. The SMILES string of the molecule is O=C(NCc1cccs1)C1CCCN1S(=O)(=O)c1ccc(Cl)cc1. The molecule has 0 radical (unpaired) electrons. The molecule has 1 atom stereocenters. The van der Waals surface area contributed by atoms with E-state index in [1.807, 2.05) is 17.5 Å². The Morgan fingerprint density at radius 2 is 2.04 bits per heavy atom. The number of nitrogens with one attached hydrogen (secondary N) is 1. The van der Waals surface area contributed by atoms with Crippen LogP contribution in [0.1, 0.15) is 17.7 Å². The Labute approximate surface area is 150 Å². The van der Waals surface area contributed by atoms with Gasteiger partial charge in [-0.1, -0.05) is 17.7 Å². The number of sulfonamides is 1. The van der Waals surface area contributed by atoms with Gasteiger partial charge in [-0.3, -0.25) is 4.79 Å². The van der Waals surface area contributed by atoms with Gasteiger partial charge >= 0.3 is 0 Å². The predicted octanol–water partition coefficient (Wildman–Crippen LogP) is 2.87. The molecule has 1 unspecified atom stereocenters. The van der Waals surface area contributed by atoms with Crippen molar-refractivity contribution in [1.82, 2.24) is 9.62 Å². The molecule has 0 saturated carbocycles. The number of halogens is 1. The Morgan fingerprint density at radius 1 is 1.29 bits per heavy atom. The van der Waals surface area contributed by atoms with E-state index in [4.69, 9.17) is 11.6 Å². The van der Waals surface area contributed by atoms with Crippen molar-refractivity contribution in [3.8, 4) is 0 Å². The average Bonchev–Trinajstić information content (AvgIpc) is 3.24. The summed E-state index contributed by atoms with van der Waals surface area (Å²) >= 11 is 7.37. The van der Waals surface area contributed by atoms with Crippen LogP contribution in [0.5, 0.6) is 0 Å². The van der Waals surface area contributed by atoms with Crippen molar-refractivity contribution in [3.63, 3.8) is 0 Å². The van der Waals surface area contributed by atoms with Gasteiger partial charge in [0.05, 0.1) is 11.4 Å². The summed E-state index contributed by atoms with van der Waals surface area (Å²) in [5.41, 5.74) is 0. The average molecular weight is 385 g/mol. The lowest BCUT2D eigenvalue weighted by Crippen LogP contribution is -2.45. The minimum absolute atomic E-state index is 0.157. The molecule has 128 valence electrons. The molecule has 1 amide bonds. The minimum atomic E-state index is -3.71. The Bertz CT molecular complexity index is 804. The first-order valence-electron chi connectivity index (χ1n) is 7.56. The second-order valence-corrected chi connectivity index (χ2v) is 8.88. The first kappa shape index (κ1) is 17.4. The van der Waals surface area contributed by atoms with Crippen molar-refractivity contribution < 1.29 is 13.2 Å². The zero-order valence-corrected chi connectivity index (χ0v) is 15.2. The number of hydrogen-bond acceptors (Lipinski definition) is 4. The van der Waals surface area contributed by atoms with Crippen LogP contribution in [0.25, 0.3) is 0 Å². The van der Waals surface area contributed by atoms with E-state index in [2.05, 4.69) is 5.32 Å². The Balaban J connectivity index is 1.74. The fourth-order valence-corrected chi connectivity index (χ4v) is 5.16. The summed E-state index contributed by atoms with van der Waals surface area (Å²) in [6.45, 7) is 0.768. The van der Waals surface area contributed by atoms with Gasteiger partial charge in [0.25, 0.3) is 0 Å². The number of benzene rings is 1. The Morgan fingerprint density at radius 3 is 2.71 bits per heavy atom. The molecule has 24 heavy (non-hydrogen) atoms. The smallest absolute Gasteiger partial charge is 0.243 e. The summed E-state index contributed by atoms with van der Waals surface area (Å²) < 4.78 is 26.9. The molecule has 1 aliphatic rings. The van der Waals surface area contributed by atoms with Gasteiger partial charge in [-0.15, -0.1) is 11.3 Å². The van der Waals surface area contributed by atoms with Gasteiger partial charge in [0, 0.05) is 16.4 Å². The molecule has 1 aromatic carbocycles. The zero-order valence-electron chi connectivity index (χ0n) is 12.8. The van der Waals surface area contributed by atoms with Crippen LogP contribution in [0.2, 0.25) is 5.02 Å². The molecule has 2 aromatic rings. The van der Waals surface area contributed by atoms with Crippen molar-refractivity contribution >= 4 is 38.9 Å². The highest BCUT2D eigenvalue weighted by atomic mass is 35.5. The largest absolute Gasteiger partial charge is 0.350 e. The monoisotopic (exact) mass is 384 g/mol. The molecule has 1 aromatic heterocycles. The summed E-state index contributed by atoms with van der Waals surface area (Å²) in [7, 11) is -3.71. The topological polar surface area (TPSA) is 66.5 Å². The van der Waals surface area contributed by atoms with Crippen LogP contribution < -0.4 is 5.32 Å². The van der Waals surface area contributed by atoms with E-state index in [1.54, 1.807) is 11.3 Å². The molecule has 8 heteroatoms. The van der Waals surface area contributed by atoms with E-state index in [9.17, 15) is 13.2 Å². The lowest BCUT2D eigenvalue weighted by molar-refractivity contribution is -0.124. The van der Waals surface area contributed by atoms with Gasteiger partial charge in [-0.2, -0.15) is 4.31 Å². The zero-order chi connectivity index (χ0) is 17.2. The van der Waals surface area contributed by atoms with Crippen molar-refractivity contribution in [2.24, 2.45) is 0 Å². The fourth-order valence-electron chi connectivity index (χ4n) is 2.74. The number of nitrogens with zero attached hydrogens (tertiary/aromatic N) is 1. The van der Waals surface area contributed by atoms with Gasteiger partial charge in [0.2, 0.25) is 15.9 Å². The number of amides is 1. The number of hydrogen-bond donors (Lipinski definition) is 1. The van der Waals surface area contributed by atoms with Crippen LogP contribution >= 0.6 is 22.9 Å². The Hall–Kier alpha value is -1.41. The van der Waals surface area contributed by atoms with Gasteiger partial charge in [-0.25, -0.2) is 8.42 Å². The highest BCUT2D eigenvalue weighted by Gasteiger charge is 2.39. The van der Waals surface area contributed by atoms with Crippen LogP contribution in [0.3, 0.4) is 0 Å². The molecule has 1 fully saturated rings. The highest BCUT2D eigenvalue weighted by Crippen LogP contribution is 2.27. The van der Waals surface area contributed by atoms with Crippen LogP contribution in [0, 0.1) is 0 Å². The predicted molar refractivity (Wildman–Crippen MR) is 94.5 cm³/mol. The maximum atomic E-state index is 12.8. The van der Waals surface area contributed by atoms with E-state index >= 15 is 0 Å². The first-order valence-corrected chi connectivity index (χ1v) is 10.3. The van der Waals surface area contributed by atoms with Crippen LogP contribution in [-0.2, 0) is 21.4 Å². The standard InChI is InChI=1S/C16H17ClN2O3S2/c17-12-5-7-14(8-6-12)24(21,22)19-9-1-4-15(19)16(20)18-11-13-3-2-10-23-13/h2-3,5-8,10,15H,1,4,9,11H2,(H,18,20). The fraction of sp³-hybridized carbons (Fsp3) is 0.312. The molecule has 0 bridgehead atoms. The number of thiophene rings is 1. The van der Waals surface area contributed by atoms with E-state index in [-0.39, 0.29) is 10.8 Å². The second-order valence-electron chi connectivity index (χ2n) is 5.52. The molecule has 1 saturated heterocycles. The molecule has 0 spiro atoms. The van der Waals surface area contributed by atoms with E-state index < -0.39 is 16.1 Å². The van der Waals surface area contributed by atoms with E-state index in [1.165, 1.54) is 28.6 Å². The molecule has 1 aliphatic heterocycles. The van der Waals surface area contributed by atoms with Crippen molar-refractivity contribution in [2.45, 2.75) is 30.3 Å². The van der Waals surface area contributed by atoms with Gasteiger partial charge in [0.1, 0.15) is 6.04 Å². The molecule has 2 heterocycles. The third-order valence-electron chi connectivity index (χ3n) is 3.94. The van der Waals surface area contributed by atoms with Gasteiger partial charge < -0.3 is 5.32 Å². The van der Waals surface area contributed by atoms with Crippen molar-refractivity contribution in [2.75, 3.05) is 6.54 Å². The van der Waals surface area contributed by atoms with Crippen molar-refractivity contribution in [1.29, 1.82) is 0 Å². The lowest BCUT2D eigenvalue weighted by Gasteiger charge is -2.23. The molecule has 3 rings (SSSR count). The summed E-state index contributed by atoms with van der Waals surface area (Å²) in [5, 5.41) is 5.25. The molecular formula is C16H17ClN2O3S2. The lowest BCUT2D eigenvalue weighted by atomic mass is 10.2. The first-order chi connectivity index (χ1) is 11.5.